The molecule has 1 aliphatic rings. The first-order valence-corrected chi connectivity index (χ1v) is 12.5. The number of rotatable bonds is 8. The number of hydrogen-bond donors (Lipinski definition) is 2. The van der Waals surface area contributed by atoms with Gasteiger partial charge in [0.15, 0.2) is 9.79 Å². The summed E-state index contributed by atoms with van der Waals surface area (Å²) in [6, 6.07) is 7.87. The lowest BCUT2D eigenvalue weighted by Gasteiger charge is -2.32. The van der Waals surface area contributed by atoms with Crippen LogP contribution in [0.4, 0.5) is 11.4 Å². The monoisotopic (exact) mass is 484 g/mol. The van der Waals surface area contributed by atoms with E-state index in [1.54, 1.807) is 0 Å². The van der Waals surface area contributed by atoms with E-state index < -0.39 is 63.1 Å². The normalized spacial score (nSPS) is 19.4. The average molecular weight is 485 g/mol. The summed E-state index contributed by atoms with van der Waals surface area (Å²) in [7, 11) is -8.69. The van der Waals surface area contributed by atoms with Gasteiger partial charge in [-0.25, -0.2) is 26.3 Å². The molecule has 1 fully saturated rings. The van der Waals surface area contributed by atoms with Crippen molar-refractivity contribution in [3.63, 3.8) is 0 Å². The van der Waals surface area contributed by atoms with E-state index in [-0.39, 0.29) is 12.8 Å². The molecule has 2 N–H and O–H groups in total. The van der Waals surface area contributed by atoms with E-state index in [0.717, 1.165) is 24.3 Å². The van der Waals surface area contributed by atoms with Crippen LogP contribution >= 0.6 is 0 Å². The molecule has 0 spiro atoms. The standard InChI is InChI=1S/C18H20N4O8S2/c23-21(24)15-9-3-5-11-17(15)31(27,28)19-13-7-1-2-8-14(13)20-32(29,30)18-12-6-4-10-16(18)22(25)26/h3-6,9-14,19-20H,1-2,7-8H2/t13-,14+. The number of sulfonamides is 2. The van der Waals surface area contributed by atoms with Gasteiger partial charge in [0.05, 0.1) is 9.85 Å². The van der Waals surface area contributed by atoms with Crippen molar-refractivity contribution < 1.29 is 26.7 Å². The van der Waals surface area contributed by atoms with Gasteiger partial charge in [0.25, 0.3) is 11.4 Å². The van der Waals surface area contributed by atoms with E-state index in [1.807, 2.05) is 0 Å². The molecule has 0 saturated heterocycles. The molecule has 1 saturated carbocycles. The molecular weight excluding hydrogens is 464 g/mol. The third kappa shape index (κ3) is 5.09. The second kappa shape index (κ2) is 9.28. The van der Waals surface area contributed by atoms with Crippen LogP contribution in [0.25, 0.3) is 0 Å². The Balaban J connectivity index is 1.89. The molecule has 0 radical (unpaired) electrons. The molecule has 3 rings (SSSR count). The lowest BCUT2D eigenvalue weighted by Crippen LogP contribution is -2.53. The van der Waals surface area contributed by atoms with Crippen molar-refractivity contribution in [3.8, 4) is 0 Å². The molecule has 172 valence electrons. The quantitative estimate of drug-likeness (QED) is 0.422. The van der Waals surface area contributed by atoms with Crippen LogP contribution in [0.1, 0.15) is 25.7 Å². The Bertz CT molecular complexity index is 1150. The zero-order valence-corrected chi connectivity index (χ0v) is 18.2. The summed E-state index contributed by atoms with van der Waals surface area (Å²) in [5.74, 6) is 0. The van der Waals surface area contributed by atoms with Crippen LogP contribution < -0.4 is 9.44 Å². The Kier molecular flexibility index (Phi) is 6.88. The largest absolute Gasteiger partial charge is 0.289 e. The minimum absolute atomic E-state index is 0.282. The molecule has 0 aromatic heterocycles. The van der Waals surface area contributed by atoms with Crippen molar-refractivity contribution in [2.45, 2.75) is 47.6 Å². The van der Waals surface area contributed by atoms with Gasteiger partial charge >= 0.3 is 0 Å². The molecule has 2 aromatic rings. The van der Waals surface area contributed by atoms with Crippen LogP contribution in [0.3, 0.4) is 0 Å². The molecule has 12 nitrogen and oxygen atoms in total. The third-order valence-electron chi connectivity index (χ3n) is 5.08. The van der Waals surface area contributed by atoms with Crippen molar-refractivity contribution in [3.05, 3.63) is 68.8 Å². The van der Waals surface area contributed by atoms with Gasteiger partial charge in [-0.3, -0.25) is 20.2 Å². The van der Waals surface area contributed by atoms with Crippen molar-refractivity contribution in [2.24, 2.45) is 0 Å². The van der Waals surface area contributed by atoms with E-state index >= 15 is 0 Å². The highest BCUT2D eigenvalue weighted by molar-refractivity contribution is 7.90. The second-order valence-corrected chi connectivity index (χ2v) is 10.6. The molecule has 0 amide bonds. The number of para-hydroxylation sites is 2. The third-order valence-corrected chi connectivity index (χ3v) is 8.16. The Labute approximate surface area is 184 Å². The summed E-state index contributed by atoms with van der Waals surface area (Å²) in [5, 5.41) is 22.4. The predicted molar refractivity (Wildman–Crippen MR) is 113 cm³/mol. The number of nitrogens with one attached hydrogen (secondary N) is 2. The maximum absolute atomic E-state index is 12.9. The Hall–Kier alpha value is -2.94. The van der Waals surface area contributed by atoms with Gasteiger partial charge in [-0.15, -0.1) is 0 Å². The number of nitro groups is 2. The van der Waals surface area contributed by atoms with Crippen LogP contribution in [0.2, 0.25) is 0 Å². The average Bonchev–Trinajstić information content (AvgIpc) is 2.74. The van der Waals surface area contributed by atoms with Crippen LogP contribution in [0.15, 0.2) is 58.3 Å². The highest BCUT2D eigenvalue weighted by Crippen LogP contribution is 2.28. The van der Waals surface area contributed by atoms with Crippen molar-refractivity contribution >= 4 is 31.4 Å². The fraction of sp³-hybridized carbons (Fsp3) is 0.333. The predicted octanol–water partition coefficient (Wildman–Crippen LogP) is 2.07. The van der Waals surface area contributed by atoms with Gasteiger partial charge < -0.3 is 0 Å². The first kappa shape index (κ1) is 23.7. The fourth-order valence-electron chi connectivity index (χ4n) is 3.61. The smallest absolute Gasteiger partial charge is 0.258 e. The van der Waals surface area contributed by atoms with Gasteiger partial charge in [-0.1, -0.05) is 37.1 Å². The Morgan fingerprint density at radius 1 is 0.688 bits per heavy atom. The van der Waals surface area contributed by atoms with Crippen molar-refractivity contribution in [1.82, 2.24) is 9.44 Å². The molecule has 32 heavy (non-hydrogen) atoms. The van der Waals surface area contributed by atoms with Crippen molar-refractivity contribution in [2.75, 3.05) is 0 Å². The zero-order valence-electron chi connectivity index (χ0n) is 16.6. The molecule has 0 heterocycles. The summed E-state index contributed by atoms with van der Waals surface area (Å²) in [6.07, 6.45) is 1.77. The van der Waals surface area contributed by atoms with Gasteiger partial charge in [0.2, 0.25) is 20.0 Å². The molecule has 0 unspecified atom stereocenters. The molecule has 0 bridgehead atoms. The summed E-state index contributed by atoms with van der Waals surface area (Å²) in [5.41, 5.74) is -1.21. The Morgan fingerprint density at radius 2 is 1.03 bits per heavy atom. The van der Waals surface area contributed by atoms with Gasteiger partial charge in [0, 0.05) is 24.2 Å². The van der Waals surface area contributed by atoms with E-state index in [2.05, 4.69) is 9.44 Å². The van der Waals surface area contributed by atoms with Gasteiger partial charge in [-0.2, -0.15) is 0 Å². The van der Waals surface area contributed by atoms with E-state index in [1.165, 1.54) is 24.3 Å². The topological polar surface area (TPSA) is 179 Å². The molecule has 2 aromatic carbocycles. The first-order chi connectivity index (χ1) is 15.0. The summed E-state index contributed by atoms with van der Waals surface area (Å²) in [6.45, 7) is 0. The maximum Gasteiger partial charge on any atom is 0.289 e. The number of benzene rings is 2. The summed E-state index contributed by atoms with van der Waals surface area (Å²) < 4.78 is 56.2. The molecule has 0 aliphatic heterocycles. The maximum atomic E-state index is 12.9. The number of nitrogens with zero attached hydrogens (tertiary/aromatic N) is 2. The van der Waals surface area contributed by atoms with Crippen LogP contribution in [0.5, 0.6) is 0 Å². The van der Waals surface area contributed by atoms with E-state index in [0.29, 0.717) is 12.8 Å². The lowest BCUT2D eigenvalue weighted by atomic mass is 9.92. The van der Waals surface area contributed by atoms with Gasteiger partial charge in [-0.05, 0) is 25.0 Å². The second-order valence-electron chi connectivity index (χ2n) is 7.19. The zero-order chi connectivity index (χ0) is 23.5. The van der Waals surface area contributed by atoms with Crippen LogP contribution in [-0.4, -0.2) is 38.8 Å². The van der Waals surface area contributed by atoms with Gasteiger partial charge in [0.1, 0.15) is 0 Å². The molecule has 2 atom stereocenters. The fourth-order valence-corrected chi connectivity index (χ4v) is 6.58. The molecule has 1 aliphatic carbocycles. The SMILES string of the molecule is O=[N+]([O-])c1ccccc1S(=O)(=O)N[C@H]1CCCC[C@H]1NS(=O)(=O)c1ccccc1[N+](=O)[O-]. The molecule has 14 heteroatoms. The summed E-state index contributed by atoms with van der Waals surface area (Å²) in [4.78, 5) is 19.8. The Morgan fingerprint density at radius 3 is 1.38 bits per heavy atom. The number of nitro benzene ring substituents is 2. The van der Waals surface area contributed by atoms with E-state index in [9.17, 15) is 37.1 Å². The highest BCUT2D eigenvalue weighted by Gasteiger charge is 2.36. The van der Waals surface area contributed by atoms with Crippen molar-refractivity contribution in [1.29, 1.82) is 0 Å². The highest BCUT2D eigenvalue weighted by atomic mass is 32.2. The van der Waals surface area contributed by atoms with E-state index in [4.69, 9.17) is 0 Å². The first-order valence-electron chi connectivity index (χ1n) is 9.54. The summed E-state index contributed by atoms with van der Waals surface area (Å²) >= 11 is 0. The van der Waals surface area contributed by atoms with Crippen LogP contribution in [0, 0.1) is 20.2 Å². The molecular formula is C18H20N4O8S2. The van der Waals surface area contributed by atoms with Crippen LogP contribution in [-0.2, 0) is 20.0 Å². The minimum atomic E-state index is -4.35. The minimum Gasteiger partial charge on any atom is -0.258 e. The lowest BCUT2D eigenvalue weighted by molar-refractivity contribution is -0.388. The number of hydrogen-bond acceptors (Lipinski definition) is 8.